The summed E-state index contributed by atoms with van der Waals surface area (Å²) in [7, 11) is -3.14. The molecule has 0 bridgehead atoms. The molecule has 0 saturated carbocycles. The van der Waals surface area contributed by atoms with E-state index in [9.17, 15) is 13.2 Å². The van der Waals surface area contributed by atoms with Crippen LogP contribution in [-0.4, -0.2) is 27.1 Å². The van der Waals surface area contributed by atoms with Crippen molar-refractivity contribution >= 4 is 21.4 Å². The normalized spacial score (nSPS) is 11.1. The molecule has 1 amide bonds. The molecule has 0 radical (unpaired) electrons. The molecular formula is C11H16N2O3S. The summed E-state index contributed by atoms with van der Waals surface area (Å²) in [6, 6.07) is 6.48. The van der Waals surface area contributed by atoms with Crippen LogP contribution >= 0.6 is 0 Å². The lowest BCUT2D eigenvalue weighted by atomic mass is 10.2. The first-order valence-corrected chi connectivity index (χ1v) is 7.11. The highest BCUT2D eigenvalue weighted by Crippen LogP contribution is 2.13. The predicted octanol–water partition coefficient (Wildman–Crippen LogP) is 0.767. The number of sulfone groups is 1. The topological polar surface area (TPSA) is 89.3 Å². The van der Waals surface area contributed by atoms with Crippen molar-refractivity contribution in [2.24, 2.45) is 5.73 Å². The van der Waals surface area contributed by atoms with Gasteiger partial charge in [0.2, 0.25) is 5.91 Å². The summed E-state index contributed by atoms with van der Waals surface area (Å²) in [5, 5.41) is 3.08. The number of nitrogens with two attached hydrogens (primary N) is 1. The van der Waals surface area contributed by atoms with Gasteiger partial charge in [-0.3, -0.25) is 4.79 Å². The highest BCUT2D eigenvalue weighted by atomic mass is 32.2. The summed E-state index contributed by atoms with van der Waals surface area (Å²) in [6.45, 7) is 0.626. The minimum atomic E-state index is -3.14. The van der Waals surface area contributed by atoms with Gasteiger partial charge in [-0.2, -0.15) is 0 Å². The van der Waals surface area contributed by atoms with Crippen molar-refractivity contribution in [3.8, 4) is 0 Å². The number of carbonyl (C=O) groups excluding carboxylic acids is 1. The highest BCUT2D eigenvalue weighted by molar-refractivity contribution is 7.90. The first-order chi connectivity index (χ1) is 7.89. The number of carbonyl (C=O) groups is 1. The fourth-order valence-corrected chi connectivity index (χ4v) is 1.95. The molecule has 0 aliphatic carbocycles. The van der Waals surface area contributed by atoms with E-state index in [2.05, 4.69) is 5.32 Å². The van der Waals surface area contributed by atoms with Crippen molar-refractivity contribution in [2.75, 3.05) is 18.1 Å². The standard InChI is InChI=1S/C11H16N2O3S/c1-17(15,16)10-6-4-9(5-7-10)13-8-2-3-11(12)14/h4-7,13H,2-3,8H2,1H3,(H2,12,14). The third-order valence-electron chi connectivity index (χ3n) is 2.21. The van der Waals surface area contributed by atoms with Crippen LogP contribution in [0.3, 0.4) is 0 Å². The van der Waals surface area contributed by atoms with Crippen molar-refractivity contribution in [3.05, 3.63) is 24.3 Å². The van der Waals surface area contributed by atoms with Gasteiger partial charge in [-0.15, -0.1) is 0 Å². The fraction of sp³-hybridized carbons (Fsp3) is 0.364. The molecule has 0 heterocycles. The van der Waals surface area contributed by atoms with E-state index in [1.165, 1.54) is 6.26 Å². The Morgan fingerprint density at radius 3 is 2.35 bits per heavy atom. The molecule has 0 spiro atoms. The average molecular weight is 256 g/mol. The van der Waals surface area contributed by atoms with Gasteiger partial charge in [-0.1, -0.05) is 0 Å². The van der Waals surface area contributed by atoms with E-state index in [4.69, 9.17) is 5.73 Å². The van der Waals surface area contributed by atoms with Crippen LogP contribution in [0.2, 0.25) is 0 Å². The number of hydrogen-bond acceptors (Lipinski definition) is 4. The molecule has 1 aromatic carbocycles. The average Bonchev–Trinajstić information content (AvgIpc) is 2.23. The second-order valence-electron chi connectivity index (χ2n) is 3.79. The third kappa shape index (κ3) is 4.86. The number of nitrogens with one attached hydrogen (secondary N) is 1. The van der Waals surface area contributed by atoms with Gasteiger partial charge in [0.1, 0.15) is 0 Å². The number of benzene rings is 1. The fourth-order valence-electron chi connectivity index (χ4n) is 1.32. The van der Waals surface area contributed by atoms with Crippen LogP contribution in [0.5, 0.6) is 0 Å². The van der Waals surface area contributed by atoms with Gasteiger partial charge in [0.05, 0.1) is 4.90 Å². The Bertz CT molecular complexity index is 480. The first kappa shape index (κ1) is 13.5. The molecular weight excluding hydrogens is 240 g/mol. The lowest BCUT2D eigenvalue weighted by Crippen LogP contribution is -2.12. The van der Waals surface area contributed by atoms with Crippen molar-refractivity contribution in [3.63, 3.8) is 0 Å². The van der Waals surface area contributed by atoms with E-state index < -0.39 is 9.84 Å². The Morgan fingerprint density at radius 1 is 1.29 bits per heavy atom. The quantitative estimate of drug-likeness (QED) is 0.736. The molecule has 0 aliphatic heterocycles. The van der Waals surface area contributed by atoms with Gasteiger partial charge < -0.3 is 11.1 Å². The van der Waals surface area contributed by atoms with E-state index in [-0.39, 0.29) is 5.91 Å². The zero-order valence-corrected chi connectivity index (χ0v) is 10.5. The van der Waals surface area contributed by atoms with E-state index in [1.54, 1.807) is 24.3 Å². The maximum Gasteiger partial charge on any atom is 0.217 e. The van der Waals surface area contributed by atoms with Crippen molar-refractivity contribution in [1.82, 2.24) is 0 Å². The molecule has 94 valence electrons. The maximum atomic E-state index is 11.2. The molecule has 0 fully saturated rings. The summed E-state index contributed by atoms with van der Waals surface area (Å²) in [5.41, 5.74) is 5.83. The summed E-state index contributed by atoms with van der Waals surface area (Å²) >= 11 is 0. The maximum absolute atomic E-state index is 11.2. The zero-order chi connectivity index (χ0) is 12.9. The van der Waals surface area contributed by atoms with Gasteiger partial charge in [-0.25, -0.2) is 8.42 Å². The Hall–Kier alpha value is -1.56. The van der Waals surface area contributed by atoms with E-state index in [0.29, 0.717) is 24.3 Å². The van der Waals surface area contributed by atoms with Crippen LogP contribution in [-0.2, 0) is 14.6 Å². The predicted molar refractivity (Wildman–Crippen MR) is 66.5 cm³/mol. The summed E-state index contributed by atoms with van der Waals surface area (Å²) in [4.78, 5) is 10.8. The van der Waals surface area contributed by atoms with Gasteiger partial charge >= 0.3 is 0 Å². The molecule has 1 aromatic rings. The van der Waals surface area contributed by atoms with Crippen LogP contribution in [0.25, 0.3) is 0 Å². The first-order valence-electron chi connectivity index (χ1n) is 5.22. The van der Waals surface area contributed by atoms with E-state index in [0.717, 1.165) is 5.69 Å². The molecule has 3 N–H and O–H groups in total. The minimum absolute atomic E-state index is 0.292. The molecule has 6 heteroatoms. The van der Waals surface area contributed by atoms with Gasteiger partial charge in [0.15, 0.2) is 9.84 Å². The Labute approximate surface area is 101 Å². The third-order valence-corrected chi connectivity index (χ3v) is 3.34. The van der Waals surface area contributed by atoms with Gasteiger partial charge in [-0.05, 0) is 30.7 Å². The largest absolute Gasteiger partial charge is 0.385 e. The smallest absolute Gasteiger partial charge is 0.217 e. The summed E-state index contributed by atoms with van der Waals surface area (Å²) in [6.07, 6.45) is 2.17. The monoisotopic (exact) mass is 256 g/mol. The minimum Gasteiger partial charge on any atom is -0.385 e. The second kappa shape index (κ2) is 5.67. The van der Waals surface area contributed by atoms with Crippen LogP contribution in [0.4, 0.5) is 5.69 Å². The number of anilines is 1. The molecule has 0 unspecified atom stereocenters. The summed E-state index contributed by atoms with van der Waals surface area (Å²) < 4.78 is 22.4. The van der Waals surface area contributed by atoms with E-state index in [1.807, 2.05) is 0 Å². The van der Waals surface area contributed by atoms with Crippen LogP contribution in [0.1, 0.15) is 12.8 Å². The van der Waals surface area contributed by atoms with Crippen molar-refractivity contribution in [1.29, 1.82) is 0 Å². The van der Waals surface area contributed by atoms with Gasteiger partial charge in [0, 0.05) is 24.9 Å². The Balaban J connectivity index is 2.49. The molecule has 0 saturated heterocycles. The molecule has 0 atom stereocenters. The molecule has 0 aliphatic rings. The molecule has 1 rings (SSSR count). The Kier molecular flexibility index (Phi) is 4.51. The van der Waals surface area contributed by atoms with Gasteiger partial charge in [0.25, 0.3) is 0 Å². The number of amides is 1. The number of primary amides is 1. The SMILES string of the molecule is CS(=O)(=O)c1ccc(NCCCC(N)=O)cc1. The molecule has 0 aromatic heterocycles. The molecule has 17 heavy (non-hydrogen) atoms. The second-order valence-corrected chi connectivity index (χ2v) is 5.81. The molecule has 5 nitrogen and oxygen atoms in total. The number of rotatable bonds is 6. The Morgan fingerprint density at radius 2 is 1.88 bits per heavy atom. The van der Waals surface area contributed by atoms with E-state index >= 15 is 0 Å². The van der Waals surface area contributed by atoms with Crippen LogP contribution < -0.4 is 11.1 Å². The summed E-state index contributed by atoms with van der Waals surface area (Å²) in [5.74, 6) is -0.320. The van der Waals surface area contributed by atoms with Crippen LogP contribution in [0.15, 0.2) is 29.2 Å². The van der Waals surface area contributed by atoms with Crippen LogP contribution in [0, 0.1) is 0 Å². The van der Waals surface area contributed by atoms with Crippen molar-refractivity contribution < 1.29 is 13.2 Å². The van der Waals surface area contributed by atoms with Crippen molar-refractivity contribution in [2.45, 2.75) is 17.7 Å². The number of hydrogen-bond donors (Lipinski definition) is 2. The highest BCUT2D eigenvalue weighted by Gasteiger charge is 2.05. The lowest BCUT2D eigenvalue weighted by molar-refractivity contribution is -0.118. The lowest BCUT2D eigenvalue weighted by Gasteiger charge is -2.06. The zero-order valence-electron chi connectivity index (χ0n) is 9.64.